The highest BCUT2D eigenvalue weighted by atomic mass is 16.3. The normalized spacial score (nSPS) is 21.6. The molecular formula is C12H24N2O2. The van der Waals surface area contributed by atoms with Crippen LogP contribution >= 0.6 is 0 Å². The van der Waals surface area contributed by atoms with Crippen molar-refractivity contribution in [3.05, 3.63) is 0 Å². The molecule has 1 rings (SSSR count). The van der Waals surface area contributed by atoms with E-state index < -0.39 is 0 Å². The van der Waals surface area contributed by atoms with Gasteiger partial charge in [0.15, 0.2) is 0 Å². The van der Waals surface area contributed by atoms with Gasteiger partial charge < -0.3 is 16.2 Å². The molecule has 0 saturated heterocycles. The lowest BCUT2D eigenvalue weighted by Crippen LogP contribution is -2.43. The Morgan fingerprint density at radius 3 is 2.56 bits per heavy atom. The number of nitrogens with one attached hydrogen (secondary N) is 1. The fraction of sp³-hybridized carbons (Fsp3) is 0.917. The van der Waals surface area contributed by atoms with Gasteiger partial charge in [0, 0.05) is 31.0 Å². The average Bonchev–Trinajstić information content (AvgIpc) is 2.27. The number of hydrogen-bond acceptors (Lipinski definition) is 3. The van der Waals surface area contributed by atoms with Crippen LogP contribution in [0.15, 0.2) is 0 Å². The maximum absolute atomic E-state index is 10.7. The highest BCUT2D eigenvalue weighted by Gasteiger charge is 2.31. The Kier molecular flexibility index (Phi) is 5.22. The van der Waals surface area contributed by atoms with Crippen LogP contribution in [-0.4, -0.2) is 30.2 Å². The molecule has 1 fully saturated rings. The lowest BCUT2D eigenvalue weighted by Gasteiger charge is -2.36. The summed E-state index contributed by atoms with van der Waals surface area (Å²) in [7, 11) is 0. The van der Waals surface area contributed by atoms with E-state index in [1.165, 1.54) is 19.3 Å². The van der Waals surface area contributed by atoms with Crippen LogP contribution in [0.3, 0.4) is 0 Å². The van der Waals surface area contributed by atoms with Crippen LogP contribution in [0.1, 0.15) is 45.4 Å². The fourth-order valence-corrected chi connectivity index (χ4v) is 2.46. The molecule has 0 spiro atoms. The van der Waals surface area contributed by atoms with E-state index in [2.05, 4.69) is 5.32 Å². The second-order valence-corrected chi connectivity index (χ2v) is 5.17. The number of primary amides is 1. The number of nitrogens with two attached hydrogens (primary N) is 1. The quantitative estimate of drug-likeness (QED) is 0.629. The molecule has 0 aliphatic heterocycles. The average molecular weight is 228 g/mol. The maximum Gasteiger partial charge on any atom is 0.218 e. The summed E-state index contributed by atoms with van der Waals surface area (Å²) in [6.45, 7) is 2.99. The monoisotopic (exact) mass is 228 g/mol. The van der Waals surface area contributed by atoms with Crippen molar-refractivity contribution < 1.29 is 9.90 Å². The zero-order chi connectivity index (χ0) is 12.0. The molecule has 16 heavy (non-hydrogen) atoms. The second-order valence-electron chi connectivity index (χ2n) is 5.17. The van der Waals surface area contributed by atoms with Crippen molar-refractivity contribution in [2.75, 3.05) is 13.2 Å². The first-order valence-electron chi connectivity index (χ1n) is 6.20. The Bertz CT molecular complexity index is 225. The number of amides is 1. The molecule has 0 heterocycles. The largest absolute Gasteiger partial charge is 0.396 e. The summed E-state index contributed by atoms with van der Waals surface area (Å²) in [6, 6.07) is 0.0999. The van der Waals surface area contributed by atoms with Crippen molar-refractivity contribution in [2.45, 2.75) is 51.5 Å². The van der Waals surface area contributed by atoms with Gasteiger partial charge in [-0.25, -0.2) is 0 Å². The van der Waals surface area contributed by atoms with Crippen molar-refractivity contribution >= 4 is 5.91 Å². The van der Waals surface area contributed by atoms with E-state index in [0.29, 0.717) is 6.42 Å². The van der Waals surface area contributed by atoms with Crippen molar-refractivity contribution in [3.63, 3.8) is 0 Å². The van der Waals surface area contributed by atoms with Gasteiger partial charge >= 0.3 is 0 Å². The van der Waals surface area contributed by atoms with E-state index >= 15 is 0 Å². The third-order valence-electron chi connectivity index (χ3n) is 3.58. The zero-order valence-electron chi connectivity index (χ0n) is 10.2. The van der Waals surface area contributed by atoms with E-state index in [1.54, 1.807) is 0 Å². The van der Waals surface area contributed by atoms with Gasteiger partial charge in [-0.05, 0) is 19.8 Å². The van der Waals surface area contributed by atoms with Gasteiger partial charge in [0.2, 0.25) is 5.91 Å². The summed E-state index contributed by atoms with van der Waals surface area (Å²) < 4.78 is 0. The van der Waals surface area contributed by atoms with Crippen molar-refractivity contribution in [1.29, 1.82) is 0 Å². The van der Waals surface area contributed by atoms with Gasteiger partial charge in [-0.2, -0.15) is 0 Å². The van der Waals surface area contributed by atoms with E-state index in [4.69, 9.17) is 5.73 Å². The zero-order valence-corrected chi connectivity index (χ0v) is 10.2. The first-order chi connectivity index (χ1) is 7.58. The molecule has 0 aromatic carbocycles. The minimum atomic E-state index is -0.276. The van der Waals surface area contributed by atoms with Crippen LogP contribution in [0.2, 0.25) is 0 Å². The van der Waals surface area contributed by atoms with Gasteiger partial charge in [-0.15, -0.1) is 0 Å². The highest BCUT2D eigenvalue weighted by molar-refractivity contribution is 5.74. The first kappa shape index (κ1) is 13.5. The van der Waals surface area contributed by atoms with Crippen LogP contribution in [-0.2, 0) is 4.79 Å². The molecule has 4 N–H and O–H groups in total. The Morgan fingerprint density at radius 1 is 1.44 bits per heavy atom. The molecule has 1 aliphatic rings. The Labute approximate surface area is 97.6 Å². The molecule has 0 aromatic heterocycles. The second kappa shape index (κ2) is 6.21. The van der Waals surface area contributed by atoms with Crippen LogP contribution in [0.25, 0.3) is 0 Å². The smallest absolute Gasteiger partial charge is 0.218 e. The topological polar surface area (TPSA) is 75.4 Å². The minimum Gasteiger partial charge on any atom is -0.396 e. The number of carbonyl (C=O) groups is 1. The number of hydrogen-bond donors (Lipinski definition) is 3. The Hall–Kier alpha value is -0.610. The number of aliphatic hydroxyl groups excluding tert-OH is 1. The standard InChI is InChI=1S/C12H24N2O2/c1-10(7-11(13)16)14-8-12(9-15)5-3-2-4-6-12/h10,14-15H,2-9H2,1H3,(H2,13,16). The van der Waals surface area contributed by atoms with Crippen molar-refractivity contribution in [3.8, 4) is 0 Å². The van der Waals surface area contributed by atoms with Crippen LogP contribution in [0.4, 0.5) is 0 Å². The number of carbonyl (C=O) groups excluding carboxylic acids is 1. The molecule has 1 aliphatic carbocycles. The van der Waals surface area contributed by atoms with Crippen LogP contribution in [0, 0.1) is 5.41 Å². The summed E-state index contributed by atoms with van der Waals surface area (Å²) in [5.74, 6) is -0.276. The molecule has 0 bridgehead atoms. The highest BCUT2D eigenvalue weighted by Crippen LogP contribution is 2.35. The fourth-order valence-electron chi connectivity index (χ4n) is 2.46. The Balaban J connectivity index is 2.35. The van der Waals surface area contributed by atoms with Gasteiger partial charge in [0.1, 0.15) is 0 Å². The molecule has 4 nitrogen and oxygen atoms in total. The molecular weight excluding hydrogens is 204 g/mol. The summed E-state index contributed by atoms with van der Waals surface area (Å²) in [6.07, 6.45) is 6.21. The lowest BCUT2D eigenvalue weighted by molar-refractivity contribution is -0.118. The van der Waals surface area contributed by atoms with Crippen molar-refractivity contribution in [1.82, 2.24) is 5.32 Å². The van der Waals surface area contributed by atoms with E-state index in [0.717, 1.165) is 19.4 Å². The van der Waals surface area contributed by atoms with Crippen LogP contribution in [0.5, 0.6) is 0 Å². The molecule has 1 unspecified atom stereocenters. The molecule has 1 saturated carbocycles. The third-order valence-corrected chi connectivity index (χ3v) is 3.58. The number of rotatable bonds is 6. The molecule has 94 valence electrons. The van der Waals surface area contributed by atoms with Gasteiger partial charge in [0.05, 0.1) is 0 Å². The molecule has 1 atom stereocenters. The van der Waals surface area contributed by atoms with E-state index in [1.807, 2.05) is 6.92 Å². The van der Waals surface area contributed by atoms with Gasteiger partial charge in [0.25, 0.3) is 0 Å². The minimum absolute atomic E-state index is 0.0319. The summed E-state index contributed by atoms with van der Waals surface area (Å²) in [5, 5.41) is 12.8. The van der Waals surface area contributed by atoms with Crippen molar-refractivity contribution in [2.24, 2.45) is 11.1 Å². The first-order valence-corrected chi connectivity index (χ1v) is 6.20. The predicted molar refractivity (Wildman–Crippen MR) is 63.9 cm³/mol. The Morgan fingerprint density at radius 2 is 2.06 bits per heavy atom. The van der Waals surface area contributed by atoms with Crippen LogP contribution < -0.4 is 11.1 Å². The third kappa shape index (κ3) is 4.10. The van der Waals surface area contributed by atoms with E-state index in [9.17, 15) is 9.90 Å². The maximum atomic E-state index is 10.7. The SMILES string of the molecule is CC(CC(N)=O)NCC1(CO)CCCCC1. The summed E-state index contributed by atoms with van der Waals surface area (Å²) >= 11 is 0. The van der Waals surface area contributed by atoms with Gasteiger partial charge in [-0.1, -0.05) is 19.3 Å². The molecule has 4 heteroatoms. The van der Waals surface area contributed by atoms with E-state index in [-0.39, 0.29) is 24.0 Å². The molecule has 0 radical (unpaired) electrons. The summed E-state index contributed by atoms with van der Waals surface area (Å²) in [5.41, 5.74) is 5.17. The lowest BCUT2D eigenvalue weighted by atomic mass is 9.74. The molecule has 1 amide bonds. The predicted octanol–water partition coefficient (Wildman–Crippen LogP) is 0.783. The summed E-state index contributed by atoms with van der Waals surface area (Å²) in [4.78, 5) is 10.7. The number of aliphatic hydroxyl groups is 1. The molecule has 0 aromatic rings. The van der Waals surface area contributed by atoms with Gasteiger partial charge in [-0.3, -0.25) is 4.79 Å².